The number of nitrogens with zero attached hydrogens (tertiary/aromatic N) is 1. The third-order valence-electron chi connectivity index (χ3n) is 4.58. The van der Waals surface area contributed by atoms with Crippen molar-refractivity contribution in [1.82, 2.24) is 15.5 Å². The van der Waals surface area contributed by atoms with Crippen molar-refractivity contribution in [1.29, 1.82) is 0 Å². The zero-order valence-corrected chi connectivity index (χ0v) is 15.6. The number of piperidine rings is 1. The summed E-state index contributed by atoms with van der Waals surface area (Å²) in [5, 5.41) is 7.12. The van der Waals surface area contributed by atoms with Gasteiger partial charge in [-0.15, -0.1) is 11.3 Å². The molecule has 4 amide bonds. The monoisotopic (exact) mass is 386 g/mol. The van der Waals surface area contributed by atoms with Gasteiger partial charge in [0.15, 0.2) is 0 Å². The molecule has 7 nitrogen and oxygen atoms in total. The lowest BCUT2D eigenvalue weighted by molar-refractivity contribution is -0.126. The number of benzene rings is 1. The molecule has 8 heteroatoms. The molecule has 0 radical (unpaired) electrons. The molecule has 4 N–H and O–H groups in total. The largest absolute Gasteiger partial charge is 0.351 e. The van der Waals surface area contributed by atoms with Crippen molar-refractivity contribution in [3.8, 4) is 0 Å². The van der Waals surface area contributed by atoms with Crippen LogP contribution in [0.4, 0.5) is 4.79 Å². The Balaban J connectivity index is 1.64. The molecule has 1 saturated heterocycles. The Kier molecular flexibility index (Phi) is 6.20. The number of primary amides is 1. The number of likely N-dealkylation sites (tertiary alicyclic amines) is 1. The molecule has 27 heavy (non-hydrogen) atoms. The Bertz CT molecular complexity index is 787. The number of hydrogen-bond acceptors (Lipinski definition) is 5. The lowest BCUT2D eigenvalue weighted by atomic mass is 9.98. The number of amides is 4. The summed E-state index contributed by atoms with van der Waals surface area (Å²) in [6.45, 7) is 1.25. The van der Waals surface area contributed by atoms with Crippen LogP contribution in [0.1, 0.15) is 34.1 Å². The molecule has 1 aromatic heterocycles. The Morgan fingerprint density at radius 1 is 1.07 bits per heavy atom. The Labute approximate surface area is 161 Å². The van der Waals surface area contributed by atoms with Crippen LogP contribution in [0.3, 0.4) is 0 Å². The molecule has 0 aliphatic carbocycles. The van der Waals surface area contributed by atoms with E-state index < -0.39 is 18.0 Å². The van der Waals surface area contributed by atoms with Crippen molar-refractivity contribution < 1.29 is 14.4 Å². The lowest BCUT2D eigenvalue weighted by Gasteiger charge is -2.37. The van der Waals surface area contributed by atoms with Crippen molar-refractivity contribution in [2.75, 3.05) is 13.1 Å². The molecule has 0 bridgehead atoms. The number of imide groups is 1. The highest BCUT2D eigenvalue weighted by atomic mass is 32.1. The summed E-state index contributed by atoms with van der Waals surface area (Å²) in [5.74, 6) is -0.496. The van der Waals surface area contributed by atoms with Crippen LogP contribution in [0.15, 0.2) is 47.8 Å². The molecule has 0 spiro atoms. The number of hydrogen-bond donors (Lipinski definition) is 3. The van der Waals surface area contributed by atoms with Gasteiger partial charge in [0.05, 0.1) is 4.88 Å². The number of rotatable bonds is 5. The molecule has 142 valence electrons. The van der Waals surface area contributed by atoms with E-state index in [2.05, 4.69) is 10.6 Å². The van der Waals surface area contributed by atoms with Crippen LogP contribution in [0.2, 0.25) is 0 Å². The van der Waals surface area contributed by atoms with Crippen molar-refractivity contribution in [2.45, 2.75) is 24.9 Å². The molecule has 1 aromatic carbocycles. The molecular weight excluding hydrogens is 364 g/mol. The van der Waals surface area contributed by atoms with Crippen molar-refractivity contribution in [2.24, 2.45) is 5.73 Å². The van der Waals surface area contributed by atoms with Crippen molar-refractivity contribution in [3.05, 3.63) is 58.3 Å². The number of carbonyl (C=O) groups is 3. The Hall–Kier alpha value is -2.71. The smallest absolute Gasteiger partial charge is 0.318 e. The summed E-state index contributed by atoms with van der Waals surface area (Å²) in [6, 6.07) is 11.6. The van der Waals surface area contributed by atoms with E-state index in [0.717, 1.165) is 18.4 Å². The zero-order chi connectivity index (χ0) is 19.2. The normalized spacial score (nSPS) is 16.4. The SMILES string of the molecule is NC(=O)NC(=O)C(c1ccccc1)N1CCC(NC(=O)c2cccs2)CC1. The van der Waals surface area contributed by atoms with Gasteiger partial charge >= 0.3 is 6.03 Å². The van der Waals surface area contributed by atoms with E-state index in [9.17, 15) is 14.4 Å². The van der Waals surface area contributed by atoms with Gasteiger partial charge in [-0.1, -0.05) is 36.4 Å². The van der Waals surface area contributed by atoms with E-state index in [-0.39, 0.29) is 11.9 Å². The fourth-order valence-corrected chi connectivity index (χ4v) is 3.95. The topological polar surface area (TPSA) is 105 Å². The maximum Gasteiger partial charge on any atom is 0.318 e. The van der Waals surface area contributed by atoms with Gasteiger partial charge in [0, 0.05) is 19.1 Å². The van der Waals surface area contributed by atoms with Gasteiger partial charge in [0.1, 0.15) is 6.04 Å². The first-order chi connectivity index (χ1) is 13.0. The highest BCUT2D eigenvalue weighted by Crippen LogP contribution is 2.25. The standard InChI is InChI=1S/C19H22N4O3S/c20-19(26)22-18(25)16(13-5-2-1-3-6-13)23-10-8-14(9-11-23)21-17(24)15-7-4-12-27-15/h1-7,12,14,16H,8-11H2,(H,21,24)(H3,20,22,25,26). The second-order valence-electron chi connectivity index (χ2n) is 6.43. The van der Waals surface area contributed by atoms with E-state index in [4.69, 9.17) is 5.73 Å². The first kappa shape index (κ1) is 19.1. The Morgan fingerprint density at radius 2 is 1.78 bits per heavy atom. The summed E-state index contributed by atoms with van der Waals surface area (Å²) < 4.78 is 0. The number of nitrogens with two attached hydrogens (primary N) is 1. The van der Waals surface area contributed by atoms with E-state index in [0.29, 0.717) is 18.0 Å². The van der Waals surface area contributed by atoms with Crippen molar-refractivity contribution >= 4 is 29.2 Å². The van der Waals surface area contributed by atoms with E-state index >= 15 is 0 Å². The van der Waals surface area contributed by atoms with Gasteiger partial charge in [-0.3, -0.25) is 19.8 Å². The molecule has 1 fully saturated rings. The van der Waals surface area contributed by atoms with Crippen LogP contribution in [0.25, 0.3) is 0 Å². The summed E-state index contributed by atoms with van der Waals surface area (Å²) in [4.78, 5) is 38.6. The van der Waals surface area contributed by atoms with Crippen LogP contribution in [0.5, 0.6) is 0 Å². The van der Waals surface area contributed by atoms with Gasteiger partial charge in [-0.2, -0.15) is 0 Å². The average molecular weight is 386 g/mol. The van der Waals surface area contributed by atoms with Crippen LogP contribution in [-0.2, 0) is 4.79 Å². The fraction of sp³-hybridized carbons (Fsp3) is 0.316. The third kappa shape index (κ3) is 4.93. The van der Waals surface area contributed by atoms with Crippen LogP contribution < -0.4 is 16.4 Å². The van der Waals surface area contributed by atoms with Gasteiger partial charge in [-0.05, 0) is 29.9 Å². The highest BCUT2D eigenvalue weighted by Gasteiger charge is 2.32. The summed E-state index contributed by atoms with van der Waals surface area (Å²) >= 11 is 1.41. The molecular formula is C19H22N4O3S. The molecule has 1 unspecified atom stereocenters. The van der Waals surface area contributed by atoms with E-state index in [1.54, 1.807) is 6.07 Å². The molecule has 3 rings (SSSR count). The second-order valence-corrected chi connectivity index (χ2v) is 7.38. The van der Waals surface area contributed by atoms with Crippen LogP contribution in [0, 0.1) is 0 Å². The van der Waals surface area contributed by atoms with Gasteiger partial charge < -0.3 is 11.1 Å². The van der Waals surface area contributed by atoms with E-state index in [1.807, 2.05) is 46.7 Å². The first-order valence-electron chi connectivity index (χ1n) is 8.78. The quantitative estimate of drug-likeness (QED) is 0.730. The number of urea groups is 1. The molecule has 1 atom stereocenters. The molecule has 2 heterocycles. The first-order valence-corrected chi connectivity index (χ1v) is 9.66. The number of carbonyl (C=O) groups excluding carboxylic acids is 3. The second kappa shape index (κ2) is 8.79. The number of thiophene rings is 1. The highest BCUT2D eigenvalue weighted by molar-refractivity contribution is 7.12. The minimum atomic E-state index is -0.862. The third-order valence-corrected chi connectivity index (χ3v) is 5.45. The molecule has 0 saturated carbocycles. The summed E-state index contributed by atoms with van der Waals surface area (Å²) in [6.07, 6.45) is 1.45. The lowest BCUT2D eigenvalue weighted by Crippen LogP contribution is -2.50. The Morgan fingerprint density at radius 3 is 2.37 bits per heavy atom. The van der Waals surface area contributed by atoms with Crippen molar-refractivity contribution in [3.63, 3.8) is 0 Å². The maximum absolute atomic E-state index is 12.5. The maximum atomic E-state index is 12.5. The minimum absolute atomic E-state index is 0.0606. The predicted octanol–water partition coefficient (Wildman–Crippen LogP) is 1.88. The average Bonchev–Trinajstić information content (AvgIpc) is 3.18. The van der Waals surface area contributed by atoms with Crippen LogP contribution in [-0.4, -0.2) is 41.9 Å². The minimum Gasteiger partial charge on any atom is -0.351 e. The fourth-order valence-electron chi connectivity index (χ4n) is 3.32. The number of nitrogens with one attached hydrogen (secondary N) is 2. The summed E-state index contributed by atoms with van der Waals surface area (Å²) in [5.41, 5.74) is 5.93. The predicted molar refractivity (Wildman–Crippen MR) is 103 cm³/mol. The van der Waals surface area contributed by atoms with Crippen LogP contribution >= 0.6 is 11.3 Å². The van der Waals surface area contributed by atoms with Gasteiger partial charge in [-0.25, -0.2) is 4.79 Å². The van der Waals surface area contributed by atoms with E-state index in [1.165, 1.54) is 11.3 Å². The summed E-state index contributed by atoms with van der Waals surface area (Å²) in [7, 11) is 0. The van der Waals surface area contributed by atoms with Gasteiger partial charge in [0.2, 0.25) is 5.91 Å². The molecule has 1 aliphatic heterocycles. The molecule has 2 aromatic rings. The molecule has 1 aliphatic rings. The van der Waals surface area contributed by atoms with Gasteiger partial charge in [0.25, 0.3) is 5.91 Å². The zero-order valence-electron chi connectivity index (χ0n) is 14.8.